The van der Waals surface area contributed by atoms with E-state index >= 15 is 0 Å². The van der Waals surface area contributed by atoms with E-state index in [1.807, 2.05) is 59.5 Å². The first-order chi connectivity index (χ1) is 12.1. The van der Waals surface area contributed by atoms with Crippen LogP contribution in [0.5, 0.6) is 5.75 Å². The highest BCUT2D eigenvalue weighted by Crippen LogP contribution is 2.33. The topological polar surface area (TPSA) is 49.9 Å². The summed E-state index contributed by atoms with van der Waals surface area (Å²) in [7, 11) is 1.62. The summed E-state index contributed by atoms with van der Waals surface area (Å²) in [6, 6.07) is 16.7. The van der Waals surface area contributed by atoms with Gasteiger partial charge in [0, 0.05) is 37.7 Å². The maximum Gasteiger partial charge on any atom is 0.254 e. The average molecular weight is 338 g/mol. The van der Waals surface area contributed by atoms with Crippen LogP contribution in [-0.2, 0) is 4.79 Å². The number of para-hydroxylation sites is 1. The van der Waals surface area contributed by atoms with Gasteiger partial charge in [-0.3, -0.25) is 9.59 Å². The molecular weight excluding hydrogens is 316 g/mol. The Balaban J connectivity index is 1.98. The molecule has 1 heterocycles. The Labute approximate surface area is 147 Å². The Bertz CT molecular complexity index is 761. The van der Waals surface area contributed by atoms with Gasteiger partial charge in [0.05, 0.1) is 13.2 Å². The van der Waals surface area contributed by atoms with E-state index in [2.05, 4.69) is 0 Å². The molecule has 0 unspecified atom stereocenters. The maximum atomic E-state index is 13.0. The third kappa shape index (κ3) is 3.50. The van der Waals surface area contributed by atoms with Crippen molar-refractivity contribution in [2.45, 2.75) is 13.0 Å². The molecule has 5 heteroatoms. The molecule has 1 aliphatic rings. The van der Waals surface area contributed by atoms with E-state index < -0.39 is 0 Å². The Kier molecular flexibility index (Phi) is 5.03. The highest BCUT2D eigenvalue weighted by Gasteiger charge is 2.34. The van der Waals surface area contributed by atoms with Crippen LogP contribution < -0.4 is 4.74 Å². The Morgan fingerprint density at radius 1 is 1.00 bits per heavy atom. The lowest BCUT2D eigenvalue weighted by atomic mass is 9.99. The van der Waals surface area contributed by atoms with Gasteiger partial charge in [0.25, 0.3) is 5.91 Å². The third-order valence-corrected chi connectivity index (χ3v) is 4.61. The summed E-state index contributed by atoms with van der Waals surface area (Å²) in [5.41, 5.74) is 1.57. The number of methoxy groups -OCH3 is 1. The van der Waals surface area contributed by atoms with E-state index in [0.29, 0.717) is 25.2 Å². The number of amides is 2. The minimum atomic E-state index is -0.235. The number of nitrogens with zero attached hydrogens (tertiary/aromatic N) is 2. The smallest absolute Gasteiger partial charge is 0.254 e. The molecule has 130 valence electrons. The number of rotatable bonds is 3. The van der Waals surface area contributed by atoms with Gasteiger partial charge in [0.15, 0.2) is 0 Å². The van der Waals surface area contributed by atoms with Crippen molar-refractivity contribution >= 4 is 11.8 Å². The van der Waals surface area contributed by atoms with Crippen molar-refractivity contribution in [3.05, 3.63) is 65.7 Å². The minimum Gasteiger partial charge on any atom is -0.496 e. The highest BCUT2D eigenvalue weighted by molar-refractivity contribution is 5.94. The molecule has 0 saturated carbocycles. The van der Waals surface area contributed by atoms with Gasteiger partial charge < -0.3 is 14.5 Å². The van der Waals surface area contributed by atoms with Crippen molar-refractivity contribution in [3.63, 3.8) is 0 Å². The fourth-order valence-electron chi connectivity index (χ4n) is 3.27. The van der Waals surface area contributed by atoms with Crippen LogP contribution in [0.1, 0.15) is 28.9 Å². The Morgan fingerprint density at radius 3 is 2.36 bits per heavy atom. The number of carbonyl (C=O) groups excluding carboxylic acids is 2. The Hall–Kier alpha value is -2.82. The van der Waals surface area contributed by atoms with Crippen LogP contribution in [0.4, 0.5) is 0 Å². The fourth-order valence-corrected chi connectivity index (χ4v) is 3.27. The maximum absolute atomic E-state index is 13.0. The van der Waals surface area contributed by atoms with Gasteiger partial charge in [-0.25, -0.2) is 0 Å². The normalized spacial score (nSPS) is 17.3. The summed E-state index contributed by atoms with van der Waals surface area (Å²) in [5.74, 6) is 0.718. The second-order valence-corrected chi connectivity index (χ2v) is 6.09. The molecule has 0 radical (unpaired) electrons. The number of hydrogen-bond donors (Lipinski definition) is 0. The molecule has 1 aliphatic heterocycles. The van der Waals surface area contributed by atoms with Crippen molar-refractivity contribution in [3.8, 4) is 5.75 Å². The molecule has 1 saturated heterocycles. The summed E-state index contributed by atoms with van der Waals surface area (Å²) in [5, 5.41) is 0. The number of hydrogen-bond acceptors (Lipinski definition) is 3. The number of ether oxygens (including phenoxy) is 1. The number of benzene rings is 2. The average Bonchev–Trinajstić information content (AvgIpc) is 2.67. The number of carbonyl (C=O) groups is 2. The summed E-state index contributed by atoms with van der Waals surface area (Å²) < 4.78 is 5.49. The van der Waals surface area contributed by atoms with E-state index in [4.69, 9.17) is 4.74 Å². The second kappa shape index (κ2) is 7.38. The molecule has 5 nitrogen and oxygen atoms in total. The summed E-state index contributed by atoms with van der Waals surface area (Å²) in [6.07, 6.45) is 0. The van der Waals surface area contributed by atoms with Crippen LogP contribution in [0.3, 0.4) is 0 Å². The van der Waals surface area contributed by atoms with E-state index in [1.54, 1.807) is 18.9 Å². The molecule has 0 aliphatic carbocycles. The van der Waals surface area contributed by atoms with Gasteiger partial charge in [-0.1, -0.05) is 36.4 Å². The van der Waals surface area contributed by atoms with Crippen molar-refractivity contribution < 1.29 is 14.3 Å². The second-order valence-electron chi connectivity index (χ2n) is 6.09. The molecule has 3 rings (SSSR count). The van der Waals surface area contributed by atoms with Gasteiger partial charge in [0.2, 0.25) is 5.91 Å². The predicted octanol–water partition coefficient (Wildman–Crippen LogP) is 2.74. The molecule has 0 bridgehead atoms. The zero-order chi connectivity index (χ0) is 17.8. The lowest BCUT2D eigenvalue weighted by Crippen LogP contribution is -2.52. The highest BCUT2D eigenvalue weighted by atomic mass is 16.5. The third-order valence-electron chi connectivity index (χ3n) is 4.61. The molecule has 2 aromatic carbocycles. The van der Waals surface area contributed by atoms with Gasteiger partial charge in [-0.05, 0) is 18.2 Å². The van der Waals surface area contributed by atoms with Crippen LogP contribution in [0.15, 0.2) is 54.6 Å². The molecule has 2 amide bonds. The molecule has 0 aromatic heterocycles. The van der Waals surface area contributed by atoms with E-state index in [1.165, 1.54) is 0 Å². The molecule has 0 spiro atoms. The van der Waals surface area contributed by atoms with Gasteiger partial charge in [-0.15, -0.1) is 0 Å². The van der Waals surface area contributed by atoms with Crippen molar-refractivity contribution in [2.75, 3.05) is 26.7 Å². The SMILES string of the molecule is COc1ccccc1[C@@H]1CN(C(C)=O)CCN1C(=O)c1ccccc1. The molecule has 1 fully saturated rings. The van der Waals surface area contributed by atoms with E-state index in [0.717, 1.165) is 11.3 Å². The quantitative estimate of drug-likeness (QED) is 0.865. The number of piperazine rings is 1. The zero-order valence-electron chi connectivity index (χ0n) is 14.5. The first-order valence-corrected chi connectivity index (χ1v) is 8.36. The molecule has 25 heavy (non-hydrogen) atoms. The Morgan fingerprint density at radius 2 is 1.68 bits per heavy atom. The van der Waals surface area contributed by atoms with Crippen molar-refractivity contribution in [1.82, 2.24) is 9.80 Å². The largest absolute Gasteiger partial charge is 0.496 e. The first kappa shape index (κ1) is 17.0. The van der Waals surface area contributed by atoms with Crippen molar-refractivity contribution in [1.29, 1.82) is 0 Å². The minimum absolute atomic E-state index is 0.0201. The summed E-state index contributed by atoms with van der Waals surface area (Å²) >= 11 is 0. The van der Waals surface area contributed by atoms with Crippen LogP contribution >= 0.6 is 0 Å². The van der Waals surface area contributed by atoms with Crippen molar-refractivity contribution in [2.24, 2.45) is 0 Å². The molecule has 2 aromatic rings. The van der Waals surface area contributed by atoms with Crippen LogP contribution in [0.2, 0.25) is 0 Å². The van der Waals surface area contributed by atoms with Gasteiger partial charge in [0.1, 0.15) is 5.75 Å². The molecular formula is C20H22N2O3. The lowest BCUT2D eigenvalue weighted by Gasteiger charge is -2.41. The standard InChI is InChI=1S/C20H22N2O3/c1-15(23)21-12-13-22(20(24)16-8-4-3-5-9-16)18(14-21)17-10-6-7-11-19(17)25-2/h3-11,18H,12-14H2,1-2H3/t18-/m0/s1. The lowest BCUT2D eigenvalue weighted by molar-refractivity contribution is -0.131. The predicted molar refractivity (Wildman–Crippen MR) is 95.5 cm³/mol. The summed E-state index contributed by atoms with van der Waals surface area (Å²) in [4.78, 5) is 28.5. The zero-order valence-corrected chi connectivity index (χ0v) is 14.5. The van der Waals surface area contributed by atoms with Crippen LogP contribution in [0.25, 0.3) is 0 Å². The summed E-state index contributed by atoms with van der Waals surface area (Å²) in [6.45, 7) is 3.07. The van der Waals surface area contributed by atoms with Crippen LogP contribution in [0, 0.1) is 0 Å². The van der Waals surface area contributed by atoms with E-state index in [9.17, 15) is 9.59 Å². The first-order valence-electron chi connectivity index (χ1n) is 8.36. The molecule has 0 N–H and O–H groups in total. The van der Waals surface area contributed by atoms with Crippen LogP contribution in [-0.4, -0.2) is 48.4 Å². The molecule has 1 atom stereocenters. The van der Waals surface area contributed by atoms with E-state index in [-0.39, 0.29) is 17.9 Å². The monoisotopic (exact) mass is 338 g/mol. The van der Waals surface area contributed by atoms with Gasteiger partial charge >= 0.3 is 0 Å². The van der Waals surface area contributed by atoms with Gasteiger partial charge in [-0.2, -0.15) is 0 Å². The fraction of sp³-hybridized carbons (Fsp3) is 0.300.